The number of hydrogen-bond acceptors (Lipinski definition) is 5. The maximum Gasteiger partial charge on any atom is 0.261 e. The number of hydrogen-bond donors (Lipinski definition) is 2. The predicted octanol–water partition coefficient (Wildman–Crippen LogP) is 2.58. The molecule has 0 aliphatic carbocycles. The molecule has 0 bridgehead atoms. The Kier molecular flexibility index (Phi) is 4.51. The maximum atomic E-state index is 12.0. The quantitative estimate of drug-likeness (QED) is 0.912. The average molecular weight is 309 g/mol. The van der Waals surface area contributed by atoms with Gasteiger partial charge in [0, 0.05) is 4.88 Å². The number of aryl methyl sites for hydroxylation is 2. The van der Waals surface area contributed by atoms with E-state index in [2.05, 4.69) is 15.6 Å². The van der Waals surface area contributed by atoms with Crippen LogP contribution in [0.4, 0.5) is 5.13 Å². The second-order valence-corrected chi connectivity index (χ2v) is 6.47. The van der Waals surface area contributed by atoms with Gasteiger partial charge in [-0.15, -0.1) is 22.7 Å². The molecule has 2 rings (SSSR count). The summed E-state index contributed by atoms with van der Waals surface area (Å²) in [5.41, 5.74) is 0.903. The van der Waals surface area contributed by atoms with E-state index in [-0.39, 0.29) is 11.8 Å². The van der Waals surface area contributed by atoms with Crippen molar-refractivity contribution in [3.63, 3.8) is 0 Å². The van der Waals surface area contributed by atoms with E-state index >= 15 is 0 Å². The van der Waals surface area contributed by atoms with Gasteiger partial charge in [-0.3, -0.25) is 9.59 Å². The molecule has 1 atom stereocenters. The lowest BCUT2D eigenvalue weighted by molar-refractivity contribution is -0.117. The largest absolute Gasteiger partial charge is 0.340 e. The lowest BCUT2D eigenvalue weighted by Crippen LogP contribution is -2.41. The van der Waals surface area contributed by atoms with Crippen molar-refractivity contribution >= 4 is 39.6 Å². The minimum absolute atomic E-state index is 0.242. The van der Waals surface area contributed by atoms with Crippen LogP contribution in [0.15, 0.2) is 17.5 Å². The highest BCUT2D eigenvalue weighted by Gasteiger charge is 2.18. The summed E-state index contributed by atoms with van der Waals surface area (Å²) in [5.74, 6) is -0.516. The molecule has 0 radical (unpaired) electrons. The molecule has 0 spiro atoms. The number of aromatic nitrogens is 1. The molecule has 2 heterocycles. The number of nitrogens with zero attached hydrogens (tertiary/aromatic N) is 1. The highest BCUT2D eigenvalue weighted by Crippen LogP contribution is 2.21. The molecule has 106 valence electrons. The maximum absolute atomic E-state index is 12.0. The summed E-state index contributed by atoms with van der Waals surface area (Å²) >= 11 is 2.76. The van der Waals surface area contributed by atoms with Gasteiger partial charge in [-0.1, -0.05) is 6.07 Å². The van der Waals surface area contributed by atoms with Crippen LogP contribution in [0.3, 0.4) is 0 Å². The molecule has 2 N–H and O–H groups in total. The number of amides is 2. The van der Waals surface area contributed by atoms with Crippen molar-refractivity contribution in [2.24, 2.45) is 0 Å². The van der Waals surface area contributed by atoms with Crippen molar-refractivity contribution in [3.05, 3.63) is 33.0 Å². The Labute approximate surface area is 125 Å². The van der Waals surface area contributed by atoms with E-state index in [1.54, 1.807) is 19.1 Å². The fraction of sp³-hybridized carbons (Fsp3) is 0.308. The molecule has 0 unspecified atom stereocenters. The molecule has 0 aliphatic rings. The fourth-order valence-electron chi connectivity index (χ4n) is 1.48. The molecule has 2 aromatic rings. The Morgan fingerprint density at radius 2 is 2.10 bits per heavy atom. The second kappa shape index (κ2) is 6.15. The van der Waals surface area contributed by atoms with Gasteiger partial charge >= 0.3 is 0 Å². The van der Waals surface area contributed by atoms with E-state index < -0.39 is 6.04 Å². The van der Waals surface area contributed by atoms with E-state index in [9.17, 15) is 9.59 Å². The van der Waals surface area contributed by atoms with Crippen LogP contribution in [-0.2, 0) is 4.79 Å². The lowest BCUT2D eigenvalue weighted by Gasteiger charge is -2.12. The summed E-state index contributed by atoms with van der Waals surface area (Å²) in [4.78, 5) is 29.7. The Balaban J connectivity index is 1.93. The fourth-order valence-corrected chi connectivity index (χ4v) is 2.93. The van der Waals surface area contributed by atoms with Crippen LogP contribution >= 0.6 is 22.7 Å². The van der Waals surface area contributed by atoms with Gasteiger partial charge in [-0.25, -0.2) is 4.98 Å². The van der Waals surface area contributed by atoms with E-state index in [0.717, 1.165) is 10.6 Å². The molecule has 0 saturated heterocycles. The normalized spacial score (nSPS) is 11.9. The Morgan fingerprint density at radius 1 is 1.35 bits per heavy atom. The molecule has 20 heavy (non-hydrogen) atoms. The topological polar surface area (TPSA) is 71.1 Å². The molecule has 0 fully saturated rings. The van der Waals surface area contributed by atoms with Crippen LogP contribution in [0.5, 0.6) is 0 Å². The van der Waals surface area contributed by atoms with Gasteiger partial charge in [0.25, 0.3) is 5.91 Å². The average Bonchev–Trinajstić information content (AvgIpc) is 3.00. The van der Waals surface area contributed by atoms with E-state index in [0.29, 0.717) is 10.0 Å². The first-order valence-electron chi connectivity index (χ1n) is 6.06. The summed E-state index contributed by atoms with van der Waals surface area (Å²) in [5, 5.41) is 7.75. The van der Waals surface area contributed by atoms with E-state index in [1.165, 1.54) is 22.7 Å². The summed E-state index contributed by atoms with van der Waals surface area (Å²) in [7, 11) is 0. The van der Waals surface area contributed by atoms with Crippen LogP contribution in [-0.4, -0.2) is 22.8 Å². The van der Waals surface area contributed by atoms with Crippen molar-refractivity contribution in [1.82, 2.24) is 10.3 Å². The Hall–Kier alpha value is -1.73. The van der Waals surface area contributed by atoms with E-state index in [4.69, 9.17) is 0 Å². The van der Waals surface area contributed by atoms with Crippen LogP contribution in [0.2, 0.25) is 0 Å². The van der Waals surface area contributed by atoms with Gasteiger partial charge in [-0.05, 0) is 32.2 Å². The first kappa shape index (κ1) is 14.7. The second-order valence-electron chi connectivity index (χ2n) is 4.32. The lowest BCUT2D eigenvalue weighted by atomic mass is 10.3. The minimum atomic E-state index is -0.617. The first-order valence-corrected chi connectivity index (χ1v) is 7.76. The summed E-state index contributed by atoms with van der Waals surface area (Å²) in [6.45, 7) is 5.49. The molecule has 0 aromatic carbocycles. The monoisotopic (exact) mass is 309 g/mol. The summed E-state index contributed by atoms with van der Waals surface area (Å²) < 4.78 is 0. The van der Waals surface area contributed by atoms with Crippen molar-refractivity contribution in [1.29, 1.82) is 0 Å². The summed E-state index contributed by atoms with van der Waals surface area (Å²) in [6.07, 6.45) is 0. The van der Waals surface area contributed by atoms with Gasteiger partial charge in [0.05, 0.1) is 10.6 Å². The molecule has 7 heteroatoms. The van der Waals surface area contributed by atoms with Crippen LogP contribution in [0, 0.1) is 13.8 Å². The molecule has 2 amide bonds. The van der Waals surface area contributed by atoms with Gasteiger partial charge < -0.3 is 10.6 Å². The number of carbonyl (C=O) groups excluding carboxylic acids is 2. The van der Waals surface area contributed by atoms with Gasteiger partial charge in [-0.2, -0.15) is 0 Å². The van der Waals surface area contributed by atoms with Crippen LogP contribution in [0.25, 0.3) is 0 Å². The zero-order valence-electron chi connectivity index (χ0n) is 11.4. The third kappa shape index (κ3) is 3.43. The first-order chi connectivity index (χ1) is 9.47. The van der Waals surface area contributed by atoms with Crippen LogP contribution in [0.1, 0.15) is 27.2 Å². The third-order valence-electron chi connectivity index (χ3n) is 2.74. The highest BCUT2D eigenvalue weighted by molar-refractivity contribution is 7.15. The van der Waals surface area contributed by atoms with E-state index in [1.807, 2.05) is 19.2 Å². The number of anilines is 1. The SMILES string of the molecule is Cc1nc(NC(=O)[C@H](C)NC(=O)c2cccs2)sc1C. The number of thiazole rings is 1. The Bertz CT molecular complexity index is 600. The van der Waals surface area contributed by atoms with Crippen molar-refractivity contribution in [2.45, 2.75) is 26.8 Å². The van der Waals surface area contributed by atoms with Crippen molar-refractivity contribution in [2.75, 3.05) is 5.32 Å². The van der Waals surface area contributed by atoms with Crippen LogP contribution < -0.4 is 10.6 Å². The molecule has 5 nitrogen and oxygen atoms in total. The smallest absolute Gasteiger partial charge is 0.261 e. The summed E-state index contributed by atoms with van der Waals surface area (Å²) in [6, 6.07) is 2.90. The number of nitrogens with one attached hydrogen (secondary N) is 2. The molecular formula is C13H15N3O2S2. The van der Waals surface area contributed by atoms with Gasteiger partial charge in [0.1, 0.15) is 6.04 Å². The van der Waals surface area contributed by atoms with Gasteiger partial charge in [0.15, 0.2) is 5.13 Å². The zero-order chi connectivity index (χ0) is 14.7. The third-order valence-corrected chi connectivity index (χ3v) is 4.60. The Morgan fingerprint density at radius 3 is 2.65 bits per heavy atom. The molecular weight excluding hydrogens is 294 g/mol. The van der Waals surface area contributed by atoms with Gasteiger partial charge in [0.2, 0.25) is 5.91 Å². The van der Waals surface area contributed by atoms with Crippen molar-refractivity contribution in [3.8, 4) is 0 Å². The number of rotatable bonds is 4. The molecule has 0 saturated carbocycles. The molecule has 2 aromatic heterocycles. The zero-order valence-corrected chi connectivity index (χ0v) is 13.0. The highest BCUT2D eigenvalue weighted by atomic mass is 32.1. The molecule has 0 aliphatic heterocycles. The standard InChI is InChI=1S/C13H15N3O2S2/c1-7-9(3)20-13(15-7)16-11(17)8(2)14-12(18)10-5-4-6-19-10/h4-6,8H,1-3H3,(H,14,18)(H,15,16,17)/t8-/m0/s1. The van der Waals surface area contributed by atoms with Crippen molar-refractivity contribution < 1.29 is 9.59 Å². The predicted molar refractivity (Wildman–Crippen MR) is 81.5 cm³/mol. The number of thiophene rings is 1. The minimum Gasteiger partial charge on any atom is -0.340 e. The number of carbonyl (C=O) groups is 2.